The largest absolute Gasteiger partial charge is 0.472 e. The highest BCUT2D eigenvalue weighted by Crippen LogP contribution is 2.33. The number of nitrogens with zero attached hydrogens (tertiary/aromatic N) is 2. The van der Waals surface area contributed by atoms with Crippen LogP contribution >= 0.6 is 0 Å². The molecule has 8 heteroatoms. The molecule has 4 aromatic rings. The molecule has 8 nitrogen and oxygen atoms in total. The Balaban J connectivity index is 1.73. The lowest BCUT2D eigenvalue weighted by molar-refractivity contribution is 0.0589. The average molecular weight is 487 g/mol. The lowest BCUT2D eigenvalue weighted by Crippen LogP contribution is -2.18. The predicted molar refractivity (Wildman–Crippen MR) is 141 cm³/mol. The molecule has 0 radical (unpaired) electrons. The molecule has 0 bridgehead atoms. The Bertz CT molecular complexity index is 1390. The van der Waals surface area contributed by atoms with Crippen LogP contribution in [0, 0.1) is 5.92 Å². The number of rotatable bonds is 9. The van der Waals surface area contributed by atoms with Crippen LogP contribution in [0.3, 0.4) is 0 Å². The first-order chi connectivity index (χ1) is 17.4. The molecule has 0 unspecified atom stereocenters. The molecule has 0 atom stereocenters. The number of hydrogen-bond donors (Lipinski definition) is 2. The van der Waals surface area contributed by atoms with Crippen molar-refractivity contribution in [3.63, 3.8) is 0 Å². The van der Waals surface area contributed by atoms with Gasteiger partial charge in [-0.1, -0.05) is 55.8 Å². The Hall–Kier alpha value is -4.33. The van der Waals surface area contributed by atoms with Crippen molar-refractivity contribution in [2.75, 3.05) is 24.3 Å². The summed E-state index contributed by atoms with van der Waals surface area (Å²) in [4.78, 5) is 30.5. The first-order valence-electron chi connectivity index (χ1n) is 11.8. The minimum Gasteiger partial charge on any atom is -0.472 e. The number of esters is 1. The fourth-order valence-electron chi connectivity index (χ4n) is 4.01. The number of methoxy groups -OCH3 is 1. The number of amides is 1. The number of pyridine rings is 1. The van der Waals surface area contributed by atoms with Gasteiger partial charge in [-0.3, -0.25) is 4.79 Å². The maximum atomic E-state index is 12.9. The van der Waals surface area contributed by atoms with E-state index >= 15 is 0 Å². The summed E-state index contributed by atoms with van der Waals surface area (Å²) in [5, 5.41) is 6.92. The minimum absolute atomic E-state index is 0.229. The van der Waals surface area contributed by atoms with Crippen LogP contribution in [0.25, 0.3) is 17.1 Å². The van der Waals surface area contributed by atoms with E-state index in [-0.39, 0.29) is 11.6 Å². The number of nitrogens with one attached hydrogen (secondary N) is 2. The van der Waals surface area contributed by atoms with Crippen LogP contribution in [-0.4, -0.2) is 35.1 Å². The Morgan fingerprint density at radius 2 is 1.97 bits per heavy atom. The van der Waals surface area contributed by atoms with Gasteiger partial charge in [-0.25, -0.2) is 9.78 Å². The summed E-state index contributed by atoms with van der Waals surface area (Å²) in [6, 6.07) is 13.6. The number of furan rings is 1. The number of aromatic nitrogens is 2. The van der Waals surface area contributed by atoms with Gasteiger partial charge >= 0.3 is 5.97 Å². The quantitative estimate of drug-likeness (QED) is 0.289. The molecule has 1 aromatic carbocycles. The molecule has 0 fully saturated rings. The molecule has 3 heterocycles. The fourth-order valence-corrected chi connectivity index (χ4v) is 4.01. The van der Waals surface area contributed by atoms with Gasteiger partial charge < -0.3 is 24.4 Å². The van der Waals surface area contributed by atoms with Crippen LogP contribution in [-0.2, 0) is 11.3 Å². The molecule has 0 aliphatic carbocycles. The smallest absolute Gasteiger partial charge is 0.356 e. The molecular formula is C28H30N4O4. The summed E-state index contributed by atoms with van der Waals surface area (Å²) in [6.07, 6.45) is 6.63. The van der Waals surface area contributed by atoms with Gasteiger partial charge in [0, 0.05) is 18.5 Å². The van der Waals surface area contributed by atoms with Crippen molar-refractivity contribution in [1.29, 1.82) is 0 Å². The zero-order valence-corrected chi connectivity index (χ0v) is 20.9. The maximum absolute atomic E-state index is 12.9. The molecule has 0 spiro atoms. The molecule has 4 rings (SSSR count). The van der Waals surface area contributed by atoms with E-state index in [1.165, 1.54) is 19.6 Å². The fraction of sp³-hybridized carbons (Fsp3) is 0.250. The van der Waals surface area contributed by atoms with E-state index in [9.17, 15) is 9.59 Å². The maximum Gasteiger partial charge on any atom is 0.356 e. The Morgan fingerprint density at radius 3 is 2.64 bits per heavy atom. The van der Waals surface area contributed by atoms with Crippen LogP contribution in [0.1, 0.15) is 47.2 Å². The summed E-state index contributed by atoms with van der Waals surface area (Å²) >= 11 is 0. The average Bonchev–Trinajstić information content (AvgIpc) is 3.50. The lowest BCUT2D eigenvalue weighted by Gasteiger charge is -2.12. The summed E-state index contributed by atoms with van der Waals surface area (Å²) < 4.78 is 11.9. The van der Waals surface area contributed by atoms with Crippen LogP contribution in [0.4, 0.5) is 11.4 Å². The number of carbonyl (C=O) groups excluding carboxylic acids is 2. The second-order valence-electron chi connectivity index (χ2n) is 9.04. The Kier molecular flexibility index (Phi) is 7.53. The van der Waals surface area contributed by atoms with Crippen LogP contribution in [0.15, 0.2) is 71.2 Å². The second kappa shape index (κ2) is 10.9. The highest BCUT2D eigenvalue weighted by Gasteiger charge is 2.27. The van der Waals surface area contributed by atoms with Gasteiger partial charge in [0.05, 0.1) is 36.5 Å². The minimum atomic E-state index is -0.549. The van der Waals surface area contributed by atoms with Crippen LogP contribution in [0.5, 0.6) is 0 Å². The molecule has 0 aliphatic heterocycles. The highest BCUT2D eigenvalue weighted by molar-refractivity contribution is 6.14. The number of fused-ring (bicyclic) bond motifs is 1. The summed E-state index contributed by atoms with van der Waals surface area (Å²) in [5.41, 5.74) is 4.58. The zero-order valence-electron chi connectivity index (χ0n) is 20.9. The van der Waals surface area contributed by atoms with Crippen molar-refractivity contribution in [2.24, 2.45) is 5.92 Å². The molecule has 1 amide bonds. The molecule has 0 saturated carbocycles. The van der Waals surface area contributed by atoms with Gasteiger partial charge in [0.2, 0.25) is 0 Å². The summed E-state index contributed by atoms with van der Waals surface area (Å²) in [5.74, 6) is -0.711. The number of ether oxygens (including phenoxy) is 1. The van der Waals surface area contributed by atoms with Gasteiger partial charge in [-0.05, 0) is 30.5 Å². The van der Waals surface area contributed by atoms with E-state index in [1.807, 2.05) is 38.1 Å². The molecular weight excluding hydrogens is 456 g/mol. The molecule has 0 aliphatic rings. The molecule has 2 N–H and O–H groups in total. The third-order valence-corrected chi connectivity index (χ3v) is 5.63. The SMILES string of the molecule is COC(=O)c1c(NC(=O)c2ccoc2)c2cc(NC/C(C)=C/c3ccccc3)cnc2n1CC(C)C. The van der Waals surface area contributed by atoms with Gasteiger partial charge in [0.1, 0.15) is 11.9 Å². The molecule has 0 saturated heterocycles. The van der Waals surface area contributed by atoms with Crippen molar-refractivity contribution in [2.45, 2.75) is 27.3 Å². The van der Waals surface area contributed by atoms with E-state index in [0.29, 0.717) is 35.4 Å². The number of anilines is 2. The zero-order chi connectivity index (χ0) is 25.7. The van der Waals surface area contributed by atoms with E-state index < -0.39 is 11.9 Å². The van der Waals surface area contributed by atoms with E-state index in [2.05, 4.69) is 40.8 Å². The van der Waals surface area contributed by atoms with Crippen molar-refractivity contribution in [3.05, 3.63) is 83.6 Å². The topological polar surface area (TPSA) is 98.4 Å². The standard InChI is InChI=1S/C28H30N4O4/c1-18(2)16-32-25(28(34)35-4)24(31-27(33)21-10-11-36-17-21)23-13-22(15-30-26(23)32)29-14-19(3)12-20-8-6-5-7-9-20/h5-13,15,17-18,29H,14,16H2,1-4H3,(H,31,33)/b19-12+. The molecule has 3 aromatic heterocycles. The number of carbonyl (C=O) groups is 2. The van der Waals surface area contributed by atoms with E-state index in [0.717, 1.165) is 16.8 Å². The number of hydrogen-bond acceptors (Lipinski definition) is 6. The van der Waals surface area contributed by atoms with Crippen LogP contribution < -0.4 is 10.6 Å². The number of benzene rings is 1. The van der Waals surface area contributed by atoms with Gasteiger partial charge in [-0.15, -0.1) is 0 Å². The van der Waals surface area contributed by atoms with Crippen molar-refractivity contribution >= 4 is 40.4 Å². The summed E-state index contributed by atoms with van der Waals surface area (Å²) in [7, 11) is 1.32. The summed E-state index contributed by atoms with van der Waals surface area (Å²) in [6.45, 7) is 7.29. The van der Waals surface area contributed by atoms with E-state index in [4.69, 9.17) is 9.15 Å². The second-order valence-corrected chi connectivity index (χ2v) is 9.04. The molecule has 186 valence electrons. The normalized spacial score (nSPS) is 11.6. The highest BCUT2D eigenvalue weighted by atomic mass is 16.5. The Morgan fingerprint density at radius 1 is 1.19 bits per heavy atom. The van der Waals surface area contributed by atoms with Gasteiger partial charge in [0.25, 0.3) is 5.91 Å². The monoisotopic (exact) mass is 486 g/mol. The first-order valence-corrected chi connectivity index (χ1v) is 11.8. The van der Waals surface area contributed by atoms with Crippen LogP contribution in [0.2, 0.25) is 0 Å². The van der Waals surface area contributed by atoms with Gasteiger partial charge in [-0.2, -0.15) is 0 Å². The van der Waals surface area contributed by atoms with Crippen molar-refractivity contribution < 1.29 is 18.7 Å². The third-order valence-electron chi connectivity index (χ3n) is 5.63. The van der Waals surface area contributed by atoms with Gasteiger partial charge in [0.15, 0.2) is 5.69 Å². The lowest BCUT2D eigenvalue weighted by atomic mass is 10.1. The Labute approximate surface area is 210 Å². The molecule has 36 heavy (non-hydrogen) atoms. The van der Waals surface area contributed by atoms with Crippen molar-refractivity contribution in [3.8, 4) is 0 Å². The predicted octanol–water partition coefficient (Wildman–Crippen LogP) is 5.84. The third kappa shape index (κ3) is 5.49. The first kappa shape index (κ1) is 24.8. The van der Waals surface area contributed by atoms with E-state index in [1.54, 1.807) is 16.8 Å². The van der Waals surface area contributed by atoms with Crippen molar-refractivity contribution in [1.82, 2.24) is 9.55 Å².